The second-order valence-corrected chi connectivity index (χ2v) is 4.72. The van der Waals surface area contributed by atoms with E-state index in [-0.39, 0.29) is 0 Å². The Balaban J connectivity index is 1.79. The predicted molar refractivity (Wildman–Crippen MR) is 59.5 cm³/mol. The van der Waals surface area contributed by atoms with Crippen LogP contribution in [-0.4, -0.2) is 5.75 Å². The number of halogens is 1. The molecule has 68 valence electrons. The molecule has 0 nitrogen and oxygen atoms in total. The van der Waals surface area contributed by atoms with E-state index in [1.165, 1.54) is 23.5 Å². The van der Waals surface area contributed by atoms with Crippen molar-refractivity contribution in [3.63, 3.8) is 0 Å². The molecule has 0 amide bonds. The Hall–Kier alpha value is -0.400. The van der Waals surface area contributed by atoms with Crippen LogP contribution < -0.4 is 0 Å². The first-order valence-corrected chi connectivity index (χ1v) is 5.77. The van der Waals surface area contributed by atoms with Gasteiger partial charge in [-0.25, -0.2) is 0 Å². The largest absolute Gasteiger partial charge is 0.126 e. The van der Waals surface area contributed by atoms with Gasteiger partial charge in [-0.1, -0.05) is 23.3 Å². The van der Waals surface area contributed by atoms with Gasteiger partial charge >= 0.3 is 0 Å². The van der Waals surface area contributed by atoms with Gasteiger partial charge in [0.15, 0.2) is 0 Å². The molecular weight excluding hydrogens is 200 g/mol. The number of hydrogen-bond acceptors (Lipinski definition) is 1. The van der Waals surface area contributed by atoms with E-state index >= 15 is 0 Å². The summed E-state index contributed by atoms with van der Waals surface area (Å²) in [4.78, 5) is 1.31. The Morgan fingerprint density at radius 1 is 1.23 bits per heavy atom. The maximum absolute atomic E-state index is 5.79. The Morgan fingerprint density at radius 2 is 1.92 bits per heavy atom. The number of allylic oxidation sites excluding steroid dienone is 2. The van der Waals surface area contributed by atoms with E-state index < -0.39 is 0 Å². The van der Waals surface area contributed by atoms with E-state index in [9.17, 15) is 0 Å². The second kappa shape index (κ2) is 4.21. The highest BCUT2D eigenvalue weighted by Crippen LogP contribution is 2.27. The Morgan fingerprint density at radius 3 is 2.54 bits per heavy atom. The smallest absolute Gasteiger partial charge is 0.0406 e. The van der Waals surface area contributed by atoms with Crippen molar-refractivity contribution in [1.82, 2.24) is 0 Å². The molecular formula is C11H11ClS. The van der Waals surface area contributed by atoms with Crippen LogP contribution in [0.3, 0.4) is 0 Å². The van der Waals surface area contributed by atoms with Crippen LogP contribution >= 0.6 is 23.4 Å². The van der Waals surface area contributed by atoms with Gasteiger partial charge in [0, 0.05) is 15.7 Å². The van der Waals surface area contributed by atoms with Gasteiger partial charge in [-0.3, -0.25) is 0 Å². The molecule has 13 heavy (non-hydrogen) atoms. The minimum Gasteiger partial charge on any atom is -0.126 e. The topological polar surface area (TPSA) is 0 Å². The molecule has 0 aliphatic heterocycles. The van der Waals surface area contributed by atoms with Crippen molar-refractivity contribution in [2.45, 2.75) is 17.7 Å². The molecule has 0 aromatic heterocycles. The van der Waals surface area contributed by atoms with Crippen LogP contribution in [0.15, 0.2) is 40.8 Å². The molecule has 1 aliphatic rings. The Kier molecular flexibility index (Phi) is 2.97. The Labute approximate surface area is 88.0 Å². The van der Waals surface area contributed by atoms with Gasteiger partial charge in [-0.15, -0.1) is 11.8 Å². The minimum absolute atomic E-state index is 0.814. The molecule has 0 N–H and O–H groups in total. The average molecular weight is 211 g/mol. The molecule has 0 saturated heterocycles. The summed E-state index contributed by atoms with van der Waals surface area (Å²) in [6.07, 6.45) is 4.79. The molecule has 2 heteroatoms. The molecule has 0 heterocycles. The van der Waals surface area contributed by atoms with E-state index in [1.807, 2.05) is 23.9 Å². The fraction of sp³-hybridized carbons (Fsp3) is 0.273. The number of benzene rings is 1. The van der Waals surface area contributed by atoms with Crippen LogP contribution in [0.2, 0.25) is 5.02 Å². The lowest BCUT2D eigenvalue weighted by Crippen LogP contribution is -1.77. The molecule has 0 radical (unpaired) electrons. The SMILES string of the molecule is Clc1ccc(SCCC2=CC2)cc1. The molecule has 0 atom stereocenters. The van der Waals surface area contributed by atoms with E-state index in [2.05, 4.69) is 18.2 Å². The summed E-state index contributed by atoms with van der Waals surface area (Å²) in [7, 11) is 0. The molecule has 0 bridgehead atoms. The fourth-order valence-electron chi connectivity index (χ4n) is 1.11. The van der Waals surface area contributed by atoms with Gasteiger partial charge in [-0.05, 0) is 37.1 Å². The molecule has 1 aromatic carbocycles. The van der Waals surface area contributed by atoms with Crippen molar-refractivity contribution in [2.24, 2.45) is 0 Å². The van der Waals surface area contributed by atoms with E-state index in [0.29, 0.717) is 0 Å². The van der Waals surface area contributed by atoms with Crippen LogP contribution in [0.5, 0.6) is 0 Å². The molecule has 1 aromatic rings. The highest BCUT2D eigenvalue weighted by atomic mass is 35.5. The van der Waals surface area contributed by atoms with Crippen molar-refractivity contribution in [2.75, 3.05) is 5.75 Å². The van der Waals surface area contributed by atoms with Gasteiger partial charge in [0.2, 0.25) is 0 Å². The highest BCUT2D eigenvalue weighted by Gasteiger charge is 2.05. The van der Waals surface area contributed by atoms with E-state index in [1.54, 1.807) is 5.57 Å². The summed E-state index contributed by atoms with van der Waals surface area (Å²) >= 11 is 7.69. The molecule has 2 rings (SSSR count). The summed E-state index contributed by atoms with van der Waals surface area (Å²) in [5.74, 6) is 1.19. The maximum atomic E-state index is 5.79. The normalized spacial score (nSPS) is 14.1. The van der Waals surface area contributed by atoms with E-state index in [4.69, 9.17) is 11.6 Å². The van der Waals surface area contributed by atoms with Gasteiger partial charge in [-0.2, -0.15) is 0 Å². The average Bonchev–Trinajstić information content (AvgIpc) is 2.92. The zero-order valence-electron chi connectivity index (χ0n) is 7.29. The summed E-state index contributed by atoms with van der Waals surface area (Å²) in [6, 6.07) is 8.04. The first kappa shape index (κ1) is 9.17. The summed E-state index contributed by atoms with van der Waals surface area (Å²) in [5, 5.41) is 0.814. The lowest BCUT2D eigenvalue weighted by Gasteiger charge is -1.99. The van der Waals surface area contributed by atoms with Crippen molar-refractivity contribution >= 4 is 23.4 Å². The number of thioether (sulfide) groups is 1. The second-order valence-electron chi connectivity index (χ2n) is 3.12. The molecule has 0 fully saturated rings. The standard InChI is InChI=1S/C11H11ClS/c12-10-3-5-11(6-4-10)13-8-7-9-1-2-9/h1,3-6H,2,7-8H2. The van der Waals surface area contributed by atoms with Gasteiger partial charge in [0.25, 0.3) is 0 Å². The zero-order chi connectivity index (χ0) is 9.10. The highest BCUT2D eigenvalue weighted by molar-refractivity contribution is 7.99. The molecule has 0 spiro atoms. The summed E-state index contributed by atoms with van der Waals surface area (Å²) in [6.45, 7) is 0. The summed E-state index contributed by atoms with van der Waals surface area (Å²) < 4.78 is 0. The minimum atomic E-state index is 0.814. The molecule has 0 saturated carbocycles. The molecule has 1 aliphatic carbocycles. The van der Waals surface area contributed by atoms with Crippen LogP contribution in [0.25, 0.3) is 0 Å². The van der Waals surface area contributed by atoms with Crippen molar-refractivity contribution in [3.8, 4) is 0 Å². The number of hydrogen-bond donors (Lipinski definition) is 0. The first-order chi connectivity index (χ1) is 6.34. The third kappa shape index (κ3) is 3.09. The van der Waals surface area contributed by atoms with Gasteiger partial charge in [0.05, 0.1) is 0 Å². The number of rotatable bonds is 4. The Bertz CT molecular complexity index is 313. The first-order valence-electron chi connectivity index (χ1n) is 4.41. The monoisotopic (exact) mass is 210 g/mol. The van der Waals surface area contributed by atoms with Crippen molar-refractivity contribution in [3.05, 3.63) is 40.9 Å². The maximum Gasteiger partial charge on any atom is 0.0406 e. The van der Waals surface area contributed by atoms with E-state index in [0.717, 1.165) is 5.02 Å². The third-order valence-corrected chi connectivity index (χ3v) is 3.26. The van der Waals surface area contributed by atoms with Crippen molar-refractivity contribution < 1.29 is 0 Å². The fourth-order valence-corrected chi connectivity index (χ4v) is 2.16. The summed E-state index contributed by atoms with van der Waals surface area (Å²) in [5.41, 5.74) is 1.61. The van der Waals surface area contributed by atoms with Crippen LogP contribution in [0.4, 0.5) is 0 Å². The van der Waals surface area contributed by atoms with Crippen LogP contribution in [0.1, 0.15) is 12.8 Å². The van der Waals surface area contributed by atoms with Crippen molar-refractivity contribution in [1.29, 1.82) is 0 Å². The third-order valence-electron chi connectivity index (χ3n) is 2.00. The van der Waals surface area contributed by atoms with Crippen LogP contribution in [0, 0.1) is 0 Å². The lowest BCUT2D eigenvalue weighted by molar-refractivity contribution is 1.16. The van der Waals surface area contributed by atoms with Gasteiger partial charge < -0.3 is 0 Å². The predicted octanol–water partition coefficient (Wildman–Crippen LogP) is 4.15. The zero-order valence-corrected chi connectivity index (χ0v) is 8.87. The lowest BCUT2D eigenvalue weighted by atomic mass is 10.4. The quantitative estimate of drug-likeness (QED) is 0.532. The van der Waals surface area contributed by atoms with Crippen LogP contribution in [-0.2, 0) is 0 Å². The van der Waals surface area contributed by atoms with Gasteiger partial charge in [0.1, 0.15) is 0 Å². The molecule has 0 unspecified atom stereocenters.